The van der Waals surface area contributed by atoms with Crippen molar-refractivity contribution >= 4 is 22.4 Å². The molecule has 3 N–H and O–H groups in total. The Morgan fingerprint density at radius 3 is 2.75 bits per heavy atom. The lowest BCUT2D eigenvalue weighted by Gasteiger charge is -2.10. The Hall–Kier alpha value is -1.56. The second kappa shape index (κ2) is 7.89. The zero-order chi connectivity index (χ0) is 15.1. The fourth-order valence-electron chi connectivity index (χ4n) is 1.66. The van der Waals surface area contributed by atoms with Gasteiger partial charge >= 0.3 is 0 Å². The standard InChI is InChI=1S/C14H22N2O3S/c1-4-19-11-5-6-12(15)13(9-11)20(18)8-7-14(17)16-10(2)3/h5-6,9-10H,4,7-8,15H2,1-3H3,(H,16,17). The number of hydrogen-bond acceptors (Lipinski definition) is 4. The van der Waals surface area contributed by atoms with Crippen LogP contribution in [0.25, 0.3) is 0 Å². The van der Waals surface area contributed by atoms with Gasteiger partial charge in [-0.15, -0.1) is 0 Å². The first kappa shape index (κ1) is 16.5. The summed E-state index contributed by atoms with van der Waals surface area (Å²) < 4.78 is 17.6. The average molecular weight is 298 g/mol. The zero-order valence-corrected chi connectivity index (χ0v) is 13.0. The number of carbonyl (C=O) groups excluding carboxylic acids is 1. The fraction of sp³-hybridized carbons (Fsp3) is 0.500. The minimum absolute atomic E-state index is 0.0855. The van der Waals surface area contributed by atoms with Crippen LogP contribution in [-0.2, 0) is 15.6 Å². The van der Waals surface area contributed by atoms with Crippen molar-refractivity contribution in [3.8, 4) is 5.75 Å². The molecule has 1 atom stereocenters. The molecule has 1 aromatic carbocycles. The van der Waals surface area contributed by atoms with Crippen molar-refractivity contribution < 1.29 is 13.7 Å². The lowest BCUT2D eigenvalue weighted by atomic mass is 10.3. The summed E-state index contributed by atoms with van der Waals surface area (Å²) in [6.45, 7) is 6.19. The van der Waals surface area contributed by atoms with Crippen LogP contribution in [0.15, 0.2) is 23.1 Å². The van der Waals surface area contributed by atoms with Gasteiger partial charge in [-0.05, 0) is 39.0 Å². The molecule has 6 heteroatoms. The van der Waals surface area contributed by atoms with Gasteiger partial charge in [-0.3, -0.25) is 9.00 Å². The molecule has 1 aromatic rings. The minimum atomic E-state index is -1.31. The molecular weight excluding hydrogens is 276 g/mol. The summed E-state index contributed by atoms with van der Waals surface area (Å²) in [5.74, 6) is 0.780. The van der Waals surface area contributed by atoms with E-state index < -0.39 is 10.8 Å². The maximum Gasteiger partial charge on any atom is 0.221 e. The molecule has 0 aromatic heterocycles. The number of nitrogens with one attached hydrogen (secondary N) is 1. The van der Waals surface area contributed by atoms with E-state index in [4.69, 9.17) is 10.5 Å². The fourth-order valence-corrected chi connectivity index (χ4v) is 2.83. The number of benzene rings is 1. The second-order valence-corrected chi connectivity index (χ2v) is 6.19. The van der Waals surface area contributed by atoms with E-state index in [2.05, 4.69) is 5.32 Å². The van der Waals surface area contributed by atoms with Crippen molar-refractivity contribution in [3.63, 3.8) is 0 Å². The highest BCUT2D eigenvalue weighted by Gasteiger charge is 2.12. The highest BCUT2D eigenvalue weighted by atomic mass is 32.2. The number of rotatable bonds is 7. The highest BCUT2D eigenvalue weighted by Crippen LogP contribution is 2.23. The van der Waals surface area contributed by atoms with Crippen LogP contribution < -0.4 is 15.8 Å². The van der Waals surface area contributed by atoms with Crippen LogP contribution in [0.5, 0.6) is 5.75 Å². The number of carbonyl (C=O) groups is 1. The van der Waals surface area contributed by atoms with Crippen molar-refractivity contribution in [2.24, 2.45) is 0 Å². The maximum atomic E-state index is 12.2. The molecule has 1 amide bonds. The molecule has 0 saturated carbocycles. The van der Waals surface area contributed by atoms with Crippen LogP contribution in [-0.4, -0.2) is 28.5 Å². The smallest absolute Gasteiger partial charge is 0.221 e. The van der Waals surface area contributed by atoms with E-state index in [1.807, 2.05) is 20.8 Å². The van der Waals surface area contributed by atoms with E-state index in [0.717, 1.165) is 0 Å². The lowest BCUT2D eigenvalue weighted by Crippen LogP contribution is -2.30. The lowest BCUT2D eigenvalue weighted by molar-refractivity contribution is -0.121. The molecule has 0 bridgehead atoms. The van der Waals surface area contributed by atoms with Crippen molar-refractivity contribution in [2.75, 3.05) is 18.1 Å². The van der Waals surface area contributed by atoms with Gasteiger partial charge in [0.2, 0.25) is 5.91 Å². The Morgan fingerprint density at radius 2 is 2.15 bits per heavy atom. The van der Waals surface area contributed by atoms with E-state index in [1.54, 1.807) is 18.2 Å². The van der Waals surface area contributed by atoms with Gasteiger partial charge in [-0.2, -0.15) is 0 Å². The normalized spacial score (nSPS) is 12.2. The average Bonchev–Trinajstić information content (AvgIpc) is 2.37. The molecule has 0 aliphatic heterocycles. The summed E-state index contributed by atoms with van der Waals surface area (Å²) in [6, 6.07) is 5.18. The summed E-state index contributed by atoms with van der Waals surface area (Å²) in [7, 11) is -1.31. The molecule has 0 saturated heterocycles. The molecule has 0 radical (unpaired) electrons. The Labute approximate surface area is 122 Å². The van der Waals surface area contributed by atoms with E-state index in [-0.39, 0.29) is 24.1 Å². The van der Waals surface area contributed by atoms with Gasteiger partial charge in [-0.25, -0.2) is 0 Å². The van der Waals surface area contributed by atoms with E-state index in [0.29, 0.717) is 22.9 Å². The van der Waals surface area contributed by atoms with Gasteiger partial charge < -0.3 is 15.8 Å². The Balaban J connectivity index is 2.67. The van der Waals surface area contributed by atoms with Crippen molar-refractivity contribution in [2.45, 2.75) is 38.1 Å². The number of nitrogens with two attached hydrogens (primary N) is 1. The number of hydrogen-bond donors (Lipinski definition) is 2. The molecule has 20 heavy (non-hydrogen) atoms. The van der Waals surface area contributed by atoms with Crippen molar-refractivity contribution in [1.29, 1.82) is 0 Å². The van der Waals surface area contributed by atoms with Crippen molar-refractivity contribution in [3.05, 3.63) is 18.2 Å². The summed E-state index contributed by atoms with van der Waals surface area (Å²) >= 11 is 0. The van der Waals surface area contributed by atoms with Gasteiger partial charge in [0, 0.05) is 23.9 Å². The van der Waals surface area contributed by atoms with Crippen LogP contribution in [0.1, 0.15) is 27.2 Å². The summed E-state index contributed by atoms with van der Waals surface area (Å²) in [5, 5.41) is 2.77. The number of anilines is 1. The molecule has 0 aliphatic carbocycles. The SMILES string of the molecule is CCOc1ccc(N)c(S(=O)CCC(=O)NC(C)C)c1. The van der Waals surface area contributed by atoms with Gasteiger partial charge in [0.1, 0.15) is 5.75 Å². The first-order valence-corrected chi connectivity index (χ1v) is 7.96. The topological polar surface area (TPSA) is 81.4 Å². The molecule has 112 valence electrons. The zero-order valence-electron chi connectivity index (χ0n) is 12.1. The molecule has 0 spiro atoms. The largest absolute Gasteiger partial charge is 0.494 e. The molecule has 0 heterocycles. The quantitative estimate of drug-likeness (QED) is 0.751. The summed E-state index contributed by atoms with van der Waals surface area (Å²) in [6.07, 6.45) is 0.211. The maximum absolute atomic E-state index is 12.2. The number of ether oxygens (including phenoxy) is 1. The van der Waals surface area contributed by atoms with Crippen molar-refractivity contribution in [1.82, 2.24) is 5.32 Å². The molecule has 0 aliphatic rings. The third kappa shape index (κ3) is 5.21. The first-order chi connectivity index (χ1) is 9.43. The van der Waals surface area contributed by atoms with Crippen LogP contribution in [0.2, 0.25) is 0 Å². The molecule has 0 fully saturated rings. The van der Waals surface area contributed by atoms with Gasteiger partial charge in [0.05, 0.1) is 22.3 Å². The van der Waals surface area contributed by atoms with Gasteiger partial charge in [-0.1, -0.05) is 0 Å². The van der Waals surface area contributed by atoms with E-state index in [9.17, 15) is 9.00 Å². The minimum Gasteiger partial charge on any atom is -0.494 e. The van der Waals surface area contributed by atoms with Crippen LogP contribution in [0, 0.1) is 0 Å². The van der Waals surface area contributed by atoms with Gasteiger partial charge in [0.15, 0.2) is 0 Å². The predicted molar refractivity (Wildman–Crippen MR) is 81.2 cm³/mol. The summed E-state index contributed by atoms with van der Waals surface area (Å²) in [5.41, 5.74) is 6.28. The summed E-state index contributed by atoms with van der Waals surface area (Å²) in [4.78, 5) is 12.1. The third-order valence-corrected chi connectivity index (χ3v) is 3.92. The number of amides is 1. The van der Waals surface area contributed by atoms with Gasteiger partial charge in [0.25, 0.3) is 0 Å². The van der Waals surface area contributed by atoms with E-state index in [1.165, 1.54) is 0 Å². The van der Waals surface area contributed by atoms with Crippen LogP contribution >= 0.6 is 0 Å². The third-order valence-electron chi connectivity index (χ3n) is 2.51. The number of nitrogen functional groups attached to an aromatic ring is 1. The Bertz CT molecular complexity index is 489. The Morgan fingerprint density at radius 1 is 1.45 bits per heavy atom. The van der Waals surface area contributed by atoms with E-state index >= 15 is 0 Å². The molecule has 1 rings (SSSR count). The second-order valence-electron chi connectivity index (χ2n) is 4.65. The molecule has 1 unspecified atom stereocenters. The van der Waals surface area contributed by atoms with Crippen LogP contribution in [0.4, 0.5) is 5.69 Å². The Kier molecular flexibility index (Phi) is 6.51. The monoisotopic (exact) mass is 298 g/mol. The predicted octanol–water partition coefficient (Wildman–Crippen LogP) is 1.69. The first-order valence-electron chi connectivity index (χ1n) is 6.64. The highest BCUT2D eigenvalue weighted by molar-refractivity contribution is 7.85. The molecule has 5 nitrogen and oxygen atoms in total. The van der Waals surface area contributed by atoms with Crippen LogP contribution in [0.3, 0.4) is 0 Å². The molecular formula is C14H22N2O3S.